The van der Waals surface area contributed by atoms with Crippen molar-refractivity contribution < 1.29 is 18.0 Å². The number of carbonyl (C=O) groups is 1. The van der Waals surface area contributed by atoms with E-state index >= 15 is 0 Å². The number of benzene rings is 1. The van der Waals surface area contributed by atoms with Gasteiger partial charge in [-0.2, -0.15) is 13.2 Å². The highest BCUT2D eigenvalue weighted by atomic mass is 79.9. The van der Waals surface area contributed by atoms with Gasteiger partial charge in [0.2, 0.25) is 5.91 Å². The summed E-state index contributed by atoms with van der Waals surface area (Å²) in [7, 11) is 3.38. The number of carbonyl (C=O) groups excluding carboxylic acids is 1. The Hall–Kier alpha value is -1.80. The number of hydrogen-bond acceptors (Lipinski definition) is 3. The molecule has 0 radical (unpaired) electrons. The van der Waals surface area contributed by atoms with Crippen LogP contribution in [0.5, 0.6) is 0 Å². The molecule has 0 atom stereocenters. The van der Waals surface area contributed by atoms with Crippen LogP contribution in [-0.4, -0.2) is 20.0 Å². The Morgan fingerprint density at radius 2 is 1.96 bits per heavy atom. The molecule has 128 valence electrons. The molecule has 0 aliphatic rings. The van der Waals surface area contributed by atoms with Crippen molar-refractivity contribution in [3.63, 3.8) is 0 Å². The highest BCUT2D eigenvalue weighted by molar-refractivity contribution is 9.11. The van der Waals surface area contributed by atoms with Crippen LogP contribution in [0.15, 0.2) is 40.2 Å². The lowest BCUT2D eigenvalue weighted by Gasteiger charge is -2.19. The zero-order valence-electron chi connectivity index (χ0n) is 12.8. The van der Waals surface area contributed by atoms with E-state index in [0.29, 0.717) is 5.69 Å². The number of halogens is 4. The maximum absolute atomic E-state index is 12.9. The van der Waals surface area contributed by atoms with Crippen LogP contribution in [0.4, 0.5) is 24.5 Å². The molecular formula is C16H14BrF3N2OS. The van der Waals surface area contributed by atoms with Crippen LogP contribution in [-0.2, 0) is 11.0 Å². The number of nitrogens with one attached hydrogen (secondary N) is 1. The molecular weight excluding hydrogens is 405 g/mol. The van der Waals surface area contributed by atoms with E-state index in [0.717, 1.165) is 20.8 Å². The molecule has 1 amide bonds. The summed E-state index contributed by atoms with van der Waals surface area (Å²) in [6.45, 7) is 0. The second-order valence-electron chi connectivity index (χ2n) is 5.09. The fourth-order valence-corrected chi connectivity index (χ4v) is 3.28. The van der Waals surface area contributed by atoms with E-state index in [-0.39, 0.29) is 5.69 Å². The fourth-order valence-electron chi connectivity index (χ4n) is 1.95. The lowest BCUT2D eigenvalue weighted by atomic mass is 10.1. The monoisotopic (exact) mass is 418 g/mol. The Morgan fingerprint density at radius 3 is 2.50 bits per heavy atom. The highest BCUT2D eigenvalue weighted by Gasteiger charge is 2.31. The Morgan fingerprint density at radius 1 is 1.25 bits per heavy atom. The summed E-state index contributed by atoms with van der Waals surface area (Å²) in [5.41, 5.74) is -0.213. The van der Waals surface area contributed by atoms with Gasteiger partial charge in [0, 0.05) is 25.0 Å². The van der Waals surface area contributed by atoms with Crippen molar-refractivity contribution in [2.24, 2.45) is 0 Å². The molecule has 0 aliphatic carbocycles. The lowest BCUT2D eigenvalue weighted by Crippen LogP contribution is -2.16. The van der Waals surface area contributed by atoms with E-state index in [9.17, 15) is 18.0 Å². The molecule has 3 nitrogen and oxygen atoms in total. The van der Waals surface area contributed by atoms with Gasteiger partial charge in [0.25, 0.3) is 0 Å². The van der Waals surface area contributed by atoms with E-state index < -0.39 is 17.6 Å². The summed E-state index contributed by atoms with van der Waals surface area (Å²) in [5.74, 6) is -0.498. The van der Waals surface area contributed by atoms with E-state index in [1.54, 1.807) is 25.1 Å². The standard InChI is InChI=1S/C16H14BrF3N2OS/c1-22(2)13-6-3-10(16(18,19)20)9-12(13)21-15(23)8-5-11-4-7-14(17)24-11/h3-9H,1-2H3,(H,21,23)/b8-5+. The predicted octanol–water partition coefficient (Wildman–Crippen LogP) is 5.25. The molecule has 0 saturated carbocycles. The molecule has 2 aromatic rings. The molecule has 1 aromatic heterocycles. The minimum absolute atomic E-state index is 0.108. The summed E-state index contributed by atoms with van der Waals surface area (Å²) in [6, 6.07) is 6.93. The Labute approximate surface area is 149 Å². The minimum atomic E-state index is -4.47. The minimum Gasteiger partial charge on any atom is -0.376 e. The van der Waals surface area contributed by atoms with Crippen LogP contribution in [0.3, 0.4) is 0 Å². The molecule has 0 spiro atoms. The van der Waals surface area contributed by atoms with Crippen molar-refractivity contribution in [1.82, 2.24) is 0 Å². The third kappa shape index (κ3) is 4.85. The van der Waals surface area contributed by atoms with Gasteiger partial charge in [-0.25, -0.2) is 0 Å². The van der Waals surface area contributed by atoms with Gasteiger partial charge in [-0.15, -0.1) is 11.3 Å². The zero-order valence-corrected chi connectivity index (χ0v) is 15.2. The van der Waals surface area contributed by atoms with Gasteiger partial charge in [0.15, 0.2) is 0 Å². The molecule has 8 heteroatoms. The molecule has 1 N–H and O–H groups in total. The molecule has 1 aromatic carbocycles. The summed E-state index contributed by atoms with van der Waals surface area (Å²) < 4.78 is 39.5. The molecule has 0 bridgehead atoms. The predicted molar refractivity (Wildman–Crippen MR) is 95.5 cm³/mol. The first-order chi connectivity index (χ1) is 11.2. The van der Waals surface area contributed by atoms with Crippen LogP contribution in [0.1, 0.15) is 10.4 Å². The SMILES string of the molecule is CN(C)c1ccc(C(F)(F)F)cc1NC(=O)/C=C/c1ccc(Br)s1. The van der Waals surface area contributed by atoms with Gasteiger partial charge >= 0.3 is 6.18 Å². The summed E-state index contributed by atoms with van der Waals surface area (Å²) >= 11 is 4.76. The molecule has 0 unspecified atom stereocenters. The largest absolute Gasteiger partial charge is 0.416 e. The third-order valence-electron chi connectivity index (χ3n) is 3.06. The number of anilines is 2. The maximum atomic E-state index is 12.9. The first-order valence-electron chi connectivity index (χ1n) is 6.80. The highest BCUT2D eigenvalue weighted by Crippen LogP contribution is 2.35. The molecule has 2 rings (SSSR count). The van der Waals surface area contributed by atoms with Gasteiger partial charge in [-0.05, 0) is 52.3 Å². The number of rotatable bonds is 4. The third-order valence-corrected chi connectivity index (χ3v) is 4.65. The Bertz CT molecular complexity index is 769. The van der Waals surface area contributed by atoms with Gasteiger partial charge in [0.1, 0.15) is 0 Å². The van der Waals surface area contributed by atoms with E-state index in [1.807, 2.05) is 12.1 Å². The van der Waals surface area contributed by atoms with Gasteiger partial charge < -0.3 is 10.2 Å². The van der Waals surface area contributed by atoms with Crippen molar-refractivity contribution >= 4 is 50.6 Å². The summed E-state index contributed by atoms with van der Waals surface area (Å²) in [6.07, 6.45) is -1.57. The molecule has 0 aliphatic heterocycles. The number of alkyl halides is 3. The Balaban J connectivity index is 2.23. The number of nitrogens with zero attached hydrogens (tertiary/aromatic N) is 1. The molecule has 0 saturated heterocycles. The van der Waals surface area contributed by atoms with Gasteiger partial charge in [-0.1, -0.05) is 0 Å². The first-order valence-corrected chi connectivity index (χ1v) is 8.41. The number of hydrogen-bond donors (Lipinski definition) is 1. The van der Waals surface area contributed by atoms with Crippen LogP contribution in [0.2, 0.25) is 0 Å². The second-order valence-corrected chi connectivity index (χ2v) is 7.58. The van der Waals surface area contributed by atoms with Crippen molar-refractivity contribution in [1.29, 1.82) is 0 Å². The molecule has 1 heterocycles. The Kier molecular flexibility index (Phi) is 5.71. The topological polar surface area (TPSA) is 32.3 Å². The van der Waals surface area contributed by atoms with Crippen molar-refractivity contribution in [2.75, 3.05) is 24.3 Å². The summed E-state index contributed by atoms with van der Waals surface area (Å²) in [4.78, 5) is 14.5. The maximum Gasteiger partial charge on any atom is 0.416 e. The summed E-state index contributed by atoms with van der Waals surface area (Å²) in [5, 5.41) is 2.51. The normalized spacial score (nSPS) is 11.8. The van der Waals surface area contributed by atoms with Gasteiger partial charge in [0.05, 0.1) is 20.7 Å². The molecule has 0 fully saturated rings. The van der Waals surface area contributed by atoms with Gasteiger partial charge in [-0.3, -0.25) is 4.79 Å². The van der Waals surface area contributed by atoms with Crippen molar-refractivity contribution in [3.8, 4) is 0 Å². The average molecular weight is 419 g/mol. The molecule has 24 heavy (non-hydrogen) atoms. The number of amides is 1. The van der Waals surface area contributed by atoms with Crippen molar-refractivity contribution in [3.05, 3.63) is 50.6 Å². The zero-order chi connectivity index (χ0) is 17.9. The van der Waals surface area contributed by atoms with Crippen LogP contribution in [0, 0.1) is 0 Å². The number of thiophene rings is 1. The van der Waals surface area contributed by atoms with E-state index in [4.69, 9.17) is 0 Å². The van der Waals surface area contributed by atoms with Crippen molar-refractivity contribution in [2.45, 2.75) is 6.18 Å². The average Bonchev–Trinajstić information content (AvgIpc) is 2.89. The van der Waals surface area contributed by atoms with E-state index in [2.05, 4.69) is 21.2 Å². The first kappa shape index (κ1) is 18.5. The fraction of sp³-hybridized carbons (Fsp3) is 0.188. The second kappa shape index (κ2) is 7.40. The van der Waals surface area contributed by atoms with E-state index in [1.165, 1.54) is 23.5 Å². The quantitative estimate of drug-likeness (QED) is 0.687. The lowest BCUT2D eigenvalue weighted by molar-refractivity contribution is -0.137. The van der Waals surface area contributed by atoms with Crippen LogP contribution < -0.4 is 10.2 Å². The van der Waals surface area contributed by atoms with Crippen LogP contribution >= 0.6 is 27.3 Å². The van der Waals surface area contributed by atoms with Crippen LogP contribution in [0.25, 0.3) is 6.08 Å². The smallest absolute Gasteiger partial charge is 0.376 e.